The van der Waals surface area contributed by atoms with Gasteiger partial charge in [-0.2, -0.15) is 0 Å². The highest BCUT2D eigenvalue weighted by Gasteiger charge is 2.30. The van der Waals surface area contributed by atoms with Gasteiger partial charge in [0.15, 0.2) is 5.78 Å². The van der Waals surface area contributed by atoms with E-state index in [-0.39, 0.29) is 16.2 Å². The first kappa shape index (κ1) is 19.4. The second kappa shape index (κ2) is 7.32. The van der Waals surface area contributed by atoms with Crippen molar-refractivity contribution in [2.75, 3.05) is 29.4 Å². The fourth-order valence-corrected chi connectivity index (χ4v) is 4.25. The van der Waals surface area contributed by atoms with Gasteiger partial charge in [0.25, 0.3) is 10.0 Å². The molecule has 1 fully saturated rings. The molecule has 2 aromatic rings. The van der Waals surface area contributed by atoms with Crippen molar-refractivity contribution in [1.82, 2.24) is 0 Å². The van der Waals surface area contributed by atoms with Crippen LogP contribution >= 0.6 is 0 Å². The minimum atomic E-state index is -3.77. The van der Waals surface area contributed by atoms with Gasteiger partial charge in [-0.3, -0.25) is 9.52 Å². The lowest BCUT2D eigenvalue weighted by Gasteiger charge is -2.43. The number of ether oxygens (including phenoxy) is 1. The number of hydrogen-bond donors (Lipinski definition) is 1. The van der Waals surface area contributed by atoms with Crippen molar-refractivity contribution in [3.8, 4) is 0 Å². The number of rotatable bonds is 5. The number of ketones is 1. The molecule has 6 nitrogen and oxygen atoms in total. The number of anilines is 2. The summed E-state index contributed by atoms with van der Waals surface area (Å²) in [5.74, 6) is -0.176. The molecule has 0 aliphatic carbocycles. The van der Waals surface area contributed by atoms with Crippen molar-refractivity contribution in [1.29, 1.82) is 0 Å². The van der Waals surface area contributed by atoms with E-state index < -0.39 is 10.0 Å². The summed E-state index contributed by atoms with van der Waals surface area (Å²) in [5, 5.41) is 0. The van der Waals surface area contributed by atoms with Crippen molar-refractivity contribution in [2.24, 2.45) is 0 Å². The Balaban J connectivity index is 1.80. The summed E-state index contributed by atoms with van der Waals surface area (Å²) in [5.41, 5.74) is 1.73. The lowest BCUT2D eigenvalue weighted by atomic mass is 10.0. The molecule has 3 rings (SSSR count). The molecule has 0 saturated carbocycles. The molecule has 7 heteroatoms. The average molecular weight is 388 g/mol. The van der Waals surface area contributed by atoms with Crippen molar-refractivity contribution < 1.29 is 17.9 Å². The smallest absolute Gasteiger partial charge is 0.261 e. The summed E-state index contributed by atoms with van der Waals surface area (Å²) in [7, 11) is -3.77. The first-order chi connectivity index (χ1) is 12.7. The van der Waals surface area contributed by atoms with Gasteiger partial charge in [-0.25, -0.2) is 8.42 Å². The molecule has 0 bridgehead atoms. The second-order valence-electron chi connectivity index (χ2n) is 7.25. The molecule has 2 aromatic carbocycles. The molecule has 0 spiro atoms. The zero-order valence-electron chi connectivity index (χ0n) is 15.7. The molecule has 27 heavy (non-hydrogen) atoms. The summed E-state index contributed by atoms with van der Waals surface area (Å²) >= 11 is 0. The Hall–Kier alpha value is -2.38. The van der Waals surface area contributed by atoms with Gasteiger partial charge in [-0.1, -0.05) is 12.1 Å². The average Bonchev–Trinajstić information content (AvgIpc) is 2.62. The number of morpholine rings is 1. The number of benzene rings is 2. The van der Waals surface area contributed by atoms with E-state index in [2.05, 4.69) is 23.5 Å². The Morgan fingerprint density at radius 2 is 1.85 bits per heavy atom. The van der Waals surface area contributed by atoms with Gasteiger partial charge in [0.05, 0.1) is 23.6 Å². The van der Waals surface area contributed by atoms with E-state index in [1.54, 1.807) is 24.3 Å². The maximum Gasteiger partial charge on any atom is 0.261 e. The molecule has 0 radical (unpaired) electrons. The zero-order valence-corrected chi connectivity index (χ0v) is 16.5. The summed E-state index contributed by atoms with van der Waals surface area (Å²) in [6.45, 7) is 7.74. The largest absolute Gasteiger partial charge is 0.377 e. The van der Waals surface area contributed by atoms with E-state index in [0.29, 0.717) is 24.5 Å². The number of sulfonamides is 1. The Kier molecular flexibility index (Phi) is 5.26. The molecule has 0 atom stereocenters. The van der Waals surface area contributed by atoms with Crippen molar-refractivity contribution in [2.45, 2.75) is 31.2 Å². The van der Waals surface area contributed by atoms with Crippen LogP contribution < -0.4 is 9.62 Å². The molecule has 1 saturated heterocycles. The normalized spacial score (nSPS) is 16.8. The third-order valence-corrected chi connectivity index (χ3v) is 6.01. The second-order valence-corrected chi connectivity index (χ2v) is 8.94. The van der Waals surface area contributed by atoms with Crippen molar-refractivity contribution in [3.05, 3.63) is 54.1 Å². The number of nitrogens with one attached hydrogen (secondary N) is 1. The van der Waals surface area contributed by atoms with Crippen LogP contribution in [0.3, 0.4) is 0 Å². The zero-order chi connectivity index (χ0) is 19.7. The molecule has 1 N–H and O–H groups in total. The minimum Gasteiger partial charge on any atom is -0.377 e. The summed E-state index contributed by atoms with van der Waals surface area (Å²) in [4.78, 5) is 13.8. The monoisotopic (exact) mass is 388 g/mol. The van der Waals surface area contributed by atoms with Crippen LogP contribution in [0.25, 0.3) is 0 Å². The van der Waals surface area contributed by atoms with Crippen LogP contribution in [-0.2, 0) is 14.8 Å². The SMILES string of the molecule is CC(=O)c1cccc(S(=O)(=O)Nc2ccc(N3CCOCC3(C)C)cc2)c1. The van der Waals surface area contributed by atoms with E-state index in [1.165, 1.54) is 19.1 Å². The Morgan fingerprint density at radius 3 is 2.48 bits per heavy atom. The van der Waals surface area contributed by atoms with E-state index in [9.17, 15) is 13.2 Å². The van der Waals surface area contributed by atoms with E-state index in [0.717, 1.165) is 12.2 Å². The predicted molar refractivity (Wildman–Crippen MR) is 106 cm³/mol. The van der Waals surface area contributed by atoms with Gasteiger partial charge >= 0.3 is 0 Å². The summed E-state index contributed by atoms with van der Waals surface area (Å²) < 4.78 is 33.3. The number of nitrogens with zero attached hydrogens (tertiary/aromatic N) is 1. The van der Waals surface area contributed by atoms with Gasteiger partial charge in [-0.05, 0) is 57.2 Å². The van der Waals surface area contributed by atoms with Crippen LogP contribution in [-0.4, -0.2) is 39.5 Å². The molecule has 144 valence electrons. The molecular weight excluding hydrogens is 364 g/mol. The van der Waals surface area contributed by atoms with Gasteiger partial charge < -0.3 is 9.64 Å². The molecule has 1 aliphatic heterocycles. The van der Waals surface area contributed by atoms with Gasteiger partial charge in [0.1, 0.15) is 0 Å². The number of carbonyl (C=O) groups excluding carboxylic acids is 1. The molecule has 1 heterocycles. The van der Waals surface area contributed by atoms with E-state index >= 15 is 0 Å². The van der Waals surface area contributed by atoms with Crippen LogP contribution in [0, 0.1) is 0 Å². The minimum absolute atomic E-state index is 0.0635. The maximum atomic E-state index is 12.6. The first-order valence-electron chi connectivity index (χ1n) is 8.78. The van der Waals surface area contributed by atoms with Crippen LogP contribution in [0.5, 0.6) is 0 Å². The first-order valence-corrected chi connectivity index (χ1v) is 10.3. The van der Waals surface area contributed by atoms with Gasteiger partial charge in [0, 0.05) is 23.5 Å². The quantitative estimate of drug-likeness (QED) is 0.796. The standard InChI is InChI=1S/C20H24N2O4S/c1-15(23)16-5-4-6-19(13-16)27(24,25)21-17-7-9-18(10-8-17)22-11-12-26-14-20(22,2)3/h4-10,13,21H,11-12,14H2,1-3H3. The highest BCUT2D eigenvalue weighted by molar-refractivity contribution is 7.92. The van der Waals surface area contributed by atoms with Gasteiger partial charge in [-0.15, -0.1) is 0 Å². The Morgan fingerprint density at radius 1 is 1.15 bits per heavy atom. The van der Waals surface area contributed by atoms with Crippen molar-refractivity contribution in [3.63, 3.8) is 0 Å². The van der Waals surface area contributed by atoms with E-state index in [4.69, 9.17) is 4.74 Å². The van der Waals surface area contributed by atoms with Crippen molar-refractivity contribution >= 4 is 27.2 Å². The fourth-order valence-electron chi connectivity index (χ4n) is 3.14. The lowest BCUT2D eigenvalue weighted by Crippen LogP contribution is -2.53. The Labute approximate surface area is 160 Å². The third-order valence-electron chi connectivity index (χ3n) is 4.63. The highest BCUT2D eigenvalue weighted by atomic mass is 32.2. The summed E-state index contributed by atoms with van der Waals surface area (Å²) in [6.07, 6.45) is 0. The van der Waals surface area contributed by atoms with E-state index in [1.807, 2.05) is 12.1 Å². The number of hydrogen-bond acceptors (Lipinski definition) is 5. The molecule has 1 aliphatic rings. The maximum absolute atomic E-state index is 12.6. The Bertz CT molecular complexity index is 937. The highest BCUT2D eigenvalue weighted by Crippen LogP contribution is 2.28. The summed E-state index contributed by atoms with van der Waals surface area (Å²) in [6, 6.07) is 13.3. The van der Waals surface area contributed by atoms with Gasteiger partial charge in [0.2, 0.25) is 0 Å². The number of carbonyl (C=O) groups is 1. The molecule has 0 amide bonds. The fraction of sp³-hybridized carbons (Fsp3) is 0.350. The van der Waals surface area contributed by atoms with Crippen LogP contribution in [0.4, 0.5) is 11.4 Å². The van der Waals surface area contributed by atoms with Crippen LogP contribution in [0.15, 0.2) is 53.4 Å². The molecule has 0 aromatic heterocycles. The molecule has 0 unspecified atom stereocenters. The third kappa shape index (κ3) is 4.31. The van der Waals surface area contributed by atoms with Crippen LogP contribution in [0.2, 0.25) is 0 Å². The topological polar surface area (TPSA) is 75.7 Å². The van der Waals surface area contributed by atoms with Crippen LogP contribution in [0.1, 0.15) is 31.1 Å². The lowest BCUT2D eigenvalue weighted by molar-refractivity contribution is 0.0644. The predicted octanol–water partition coefficient (Wildman–Crippen LogP) is 3.31. The molecular formula is C20H24N2O4S. The number of Topliss-reactive ketones (excluding diaryl/α,β-unsaturated/α-hetero) is 1.